The van der Waals surface area contributed by atoms with Crippen molar-refractivity contribution in [3.8, 4) is 0 Å². The Morgan fingerprint density at radius 1 is 0.476 bits per heavy atom. The molecule has 7 rings (SSSR count). The zero-order valence-corrected chi connectivity index (χ0v) is 23.9. The maximum Gasteiger partial charge on any atom is 0.224 e. The standard InChI is InChI=1S/C38H38N2O2/c41-35(31-25-37(31,27-15-5-1-6-16-27)28-17-7-2-8-18-28)39-33-23-13-14-24-34(33)40-36(42)32-26-38(32,29-19-9-3-10-20-29)30-21-11-4-12-22-30/h1-12,15-22,31-34H,13-14,23-26H2,(H,39,41)(H,40,42)/t31-,32-,33-,34+/m1/s1. The minimum absolute atomic E-state index is 0.0540. The molecule has 4 aromatic rings. The smallest absolute Gasteiger partial charge is 0.224 e. The van der Waals surface area contributed by atoms with E-state index in [4.69, 9.17) is 0 Å². The summed E-state index contributed by atoms with van der Waals surface area (Å²) < 4.78 is 0. The van der Waals surface area contributed by atoms with Gasteiger partial charge in [0.1, 0.15) is 0 Å². The lowest BCUT2D eigenvalue weighted by molar-refractivity contribution is -0.126. The van der Waals surface area contributed by atoms with Gasteiger partial charge in [-0.15, -0.1) is 0 Å². The Morgan fingerprint density at radius 2 is 0.762 bits per heavy atom. The van der Waals surface area contributed by atoms with Crippen molar-refractivity contribution in [2.24, 2.45) is 11.8 Å². The number of benzene rings is 4. The summed E-state index contributed by atoms with van der Waals surface area (Å²) in [7, 11) is 0. The molecule has 0 aromatic heterocycles. The molecule has 0 saturated heterocycles. The minimum atomic E-state index is -0.293. The summed E-state index contributed by atoms with van der Waals surface area (Å²) in [5.74, 6) is -0.0352. The molecule has 3 saturated carbocycles. The Morgan fingerprint density at radius 3 is 1.05 bits per heavy atom. The molecule has 3 aliphatic rings. The van der Waals surface area contributed by atoms with E-state index in [-0.39, 0.29) is 46.6 Å². The van der Waals surface area contributed by atoms with Crippen molar-refractivity contribution < 1.29 is 9.59 Å². The van der Waals surface area contributed by atoms with E-state index >= 15 is 0 Å². The Labute approximate surface area is 248 Å². The van der Waals surface area contributed by atoms with Crippen molar-refractivity contribution in [3.05, 3.63) is 144 Å². The lowest BCUT2D eigenvalue weighted by Gasteiger charge is -2.33. The molecule has 4 aromatic carbocycles. The van der Waals surface area contributed by atoms with Crippen LogP contribution in [0.1, 0.15) is 60.8 Å². The predicted octanol–water partition coefficient (Wildman–Crippen LogP) is 6.54. The fourth-order valence-corrected chi connectivity index (χ4v) is 7.75. The molecule has 2 amide bonds. The van der Waals surface area contributed by atoms with Gasteiger partial charge in [0, 0.05) is 22.9 Å². The van der Waals surface area contributed by atoms with Gasteiger partial charge in [-0.05, 0) is 47.9 Å². The van der Waals surface area contributed by atoms with Crippen molar-refractivity contribution in [3.63, 3.8) is 0 Å². The molecule has 4 heteroatoms. The zero-order chi connectivity index (χ0) is 28.6. The lowest BCUT2D eigenvalue weighted by atomic mass is 9.84. The van der Waals surface area contributed by atoms with E-state index in [1.165, 1.54) is 22.3 Å². The van der Waals surface area contributed by atoms with Gasteiger partial charge in [-0.25, -0.2) is 0 Å². The number of carbonyl (C=O) groups is 2. The summed E-state index contributed by atoms with van der Waals surface area (Å²) in [6, 6.07) is 41.6. The Bertz CT molecular complexity index is 1340. The normalized spacial score (nSPS) is 25.1. The van der Waals surface area contributed by atoms with Crippen molar-refractivity contribution >= 4 is 11.8 Å². The van der Waals surface area contributed by atoms with Crippen LogP contribution in [-0.2, 0) is 20.4 Å². The summed E-state index contributed by atoms with van der Waals surface area (Å²) in [5.41, 5.74) is 4.18. The van der Waals surface area contributed by atoms with Crippen LogP contribution in [0.2, 0.25) is 0 Å². The van der Waals surface area contributed by atoms with Crippen LogP contribution in [0.25, 0.3) is 0 Å². The van der Waals surface area contributed by atoms with Crippen LogP contribution in [0, 0.1) is 11.8 Å². The molecule has 3 fully saturated rings. The minimum Gasteiger partial charge on any atom is -0.351 e. The highest BCUT2D eigenvalue weighted by atomic mass is 16.2. The first-order chi connectivity index (χ1) is 20.6. The summed E-state index contributed by atoms with van der Waals surface area (Å²) in [4.78, 5) is 27.7. The van der Waals surface area contributed by atoms with Gasteiger partial charge < -0.3 is 10.6 Å². The van der Waals surface area contributed by atoms with Gasteiger partial charge in [0.2, 0.25) is 11.8 Å². The molecule has 42 heavy (non-hydrogen) atoms. The van der Waals surface area contributed by atoms with Crippen LogP contribution < -0.4 is 10.6 Å². The number of rotatable bonds is 8. The number of hydrogen-bond acceptors (Lipinski definition) is 2. The van der Waals surface area contributed by atoms with Crippen LogP contribution in [-0.4, -0.2) is 23.9 Å². The van der Waals surface area contributed by atoms with Gasteiger partial charge in [-0.2, -0.15) is 0 Å². The summed E-state index contributed by atoms with van der Waals surface area (Å²) in [6.07, 6.45) is 5.50. The van der Waals surface area contributed by atoms with Gasteiger partial charge in [-0.1, -0.05) is 134 Å². The molecule has 4 atom stereocenters. The van der Waals surface area contributed by atoms with E-state index in [9.17, 15) is 9.59 Å². The van der Waals surface area contributed by atoms with Crippen molar-refractivity contribution in [2.45, 2.75) is 61.4 Å². The van der Waals surface area contributed by atoms with Gasteiger partial charge in [0.25, 0.3) is 0 Å². The van der Waals surface area contributed by atoms with E-state index in [1.54, 1.807) is 0 Å². The van der Waals surface area contributed by atoms with Crippen molar-refractivity contribution in [1.82, 2.24) is 10.6 Å². The van der Waals surface area contributed by atoms with Gasteiger partial charge in [0.15, 0.2) is 0 Å². The maximum atomic E-state index is 13.9. The average Bonchev–Trinajstić information content (AvgIpc) is 3.98. The highest BCUT2D eigenvalue weighted by Crippen LogP contribution is 2.60. The molecule has 0 heterocycles. The van der Waals surface area contributed by atoms with Crippen molar-refractivity contribution in [2.75, 3.05) is 0 Å². The lowest BCUT2D eigenvalue weighted by Crippen LogP contribution is -2.54. The van der Waals surface area contributed by atoms with Gasteiger partial charge in [0.05, 0.1) is 11.8 Å². The second-order valence-corrected chi connectivity index (χ2v) is 12.4. The third kappa shape index (κ3) is 4.63. The first-order valence-corrected chi connectivity index (χ1v) is 15.5. The SMILES string of the molecule is O=C(N[C@H]1CCCC[C@H]1NC(=O)[C@H]1CC1(c1ccccc1)c1ccccc1)[C@H]1CC1(c1ccccc1)c1ccccc1. The highest BCUT2D eigenvalue weighted by molar-refractivity contribution is 5.88. The van der Waals surface area contributed by atoms with E-state index in [1.807, 2.05) is 24.3 Å². The number of nitrogens with one attached hydrogen (secondary N) is 2. The monoisotopic (exact) mass is 554 g/mol. The topological polar surface area (TPSA) is 58.2 Å². The predicted molar refractivity (Wildman–Crippen MR) is 166 cm³/mol. The molecule has 0 spiro atoms. The molecular weight excluding hydrogens is 516 g/mol. The fraction of sp³-hybridized carbons (Fsp3) is 0.316. The second-order valence-electron chi connectivity index (χ2n) is 12.4. The maximum absolute atomic E-state index is 13.9. The molecule has 2 N–H and O–H groups in total. The molecule has 3 aliphatic carbocycles. The van der Waals surface area contributed by atoms with E-state index in [0.717, 1.165) is 38.5 Å². The van der Waals surface area contributed by atoms with Crippen LogP contribution >= 0.6 is 0 Å². The molecule has 0 unspecified atom stereocenters. The fourth-order valence-electron chi connectivity index (χ4n) is 7.75. The van der Waals surface area contributed by atoms with Gasteiger partial charge >= 0.3 is 0 Å². The van der Waals surface area contributed by atoms with Crippen LogP contribution in [0.3, 0.4) is 0 Å². The zero-order valence-electron chi connectivity index (χ0n) is 23.9. The summed E-state index contributed by atoms with van der Waals surface area (Å²) >= 11 is 0. The summed E-state index contributed by atoms with van der Waals surface area (Å²) in [6.45, 7) is 0. The van der Waals surface area contributed by atoms with Crippen LogP contribution in [0.4, 0.5) is 0 Å². The van der Waals surface area contributed by atoms with E-state index in [0.29, 0.717) is 0 Å². The Balaban J connectivity index is 1.08. The first kappa shape index (κ1) is 26.7. The quantitative estimate of drug-likeness (QED) is 0.260. The molecule has 0 aliphatic heterocycles. The van der Waals surface area contributed by atoms with Crippen LogP contribution in [0.15, 0.2) is 121 Å². The van der Waals surface area contributed by atoms with E-state index < -0.39 is 0 Å². The third-order valence-corrected chi connectivity index (χ3v) is 10.1. The summed E-state index contributed by atoms with van der Waals surface area (Å²) in [5, 5.41) is 6.84. The largest absolute Gasteiger partial charge is 0.351 e. The number of amides is 2. The van der Waals surface area contributed by atoms with Gasteiger partial charge in [-0.3, -0.25) is 9.59 Å². The number of hydrogen-bond donors (Lipinski definition) is 2. The molecular formula is C38H38N2O2. The second kappa shape index (κ2) is 10.9. The first-order valence-electron chi connectivity index (χ1n) is 15.5. The average molecular weight is 555 g/mol. The molecule has 212 valence electrons. The Hall–Kier alpha value is -4.18. The highest BCUT2D eigenvalue weighted by Gasteiger charge is 2.61. The van der Waals surface area contributed by atoms with Crippen LogP contribution in [0.5, 0.6) is 0 Å². The van der Waals surface area contributed by atoms with E-state index in [2.05, 4.69) is 108 Å². The molecule has 0 bridgehead atoms. The Kier molecular flexibility index (Phi) is 6.93. The molecule has 0 radical (unpaired) electrons. The third-order valence-electron chi connectivity index (χ3n) is 10.1. The number of carbonyl (C=O) groups excluding carboxylic acids is 2. The molecule has 4 nitrogen and oxygen atoms in total. The van der Waals surface area contributed by atoms with Crippen molar-refractivity contribution in [1.29, 1.82) is 0 Å².